The van der Waals surface area contributed by atoms with Crippen molar-refractivity contribution in [2.24, 2.45) is 0 Å². The van der Waals surface area contributed by atoms with Crippen molar-refractivity contribution >= 4 is 40.6 Å². The summed E-state index contributed by atoms with van der Waals surface area (Å²) in [6.45, 7) is 8.37. The van der Waals surface area contributed by atoms with E-state index in [1.807, 2.05) is 13.8 Å². The Balaban J connectivity index is 2.37. The number of carbonyl (C=O) groups is 2. The Morgan fingerprint density at radius 3 is 2.58 bits per heavy atom. The van der Waals surface area contributed by atoms with E-state index in [0.717, 1.165) is 16.7 Å². The van der Waals surface area contributed by atoms with E-state index in [0.29, 0.717) is 40.2 Å². The Bertz CT molecular complexity index is 702. The van der Waals surface area contributed by atoms with Crippen molar-refractivity contribution in [1.82, 2.24) is 4.90 Å². The molecular weight excluding hydrogens is 350 g/mol. The predicted molar refractivity (Wildman–Crippen MR) is 96.7 cm³/mol. The van der Waals surface area contributed by atoms with Gasteiger partial charge in [-0.05, 0) is 49.4 Å². The second-order valence-corrected chi connectivity index (χ2v) is 6.18. The SMILES string of the molecule is C=CCN1C(=O)SC(=Cc2cc(Cl)c(OCC)c(OCC)c2)C1=O. The molecule has 24 heavy (non-hydrogen) atoms. The highest BCUT2D eigenvalue weighted by Gasteiger charge is 2.34. The number of ether oxygens (including phenoxy) is 2. The van der Waals surface area contributed by atoms with E-state index in [4.69, 9.17) is 21.1 Å². The predicted octanol–water partition coefficient (Wildman–Crippen LogP) is 4.36. The Morgan fingerprint density at radius 1 is 1.25 bits per heavy atom. The van der Waals surface area contributed by atoms with Gasteiger partial charge in [0.2, 0.25) is 0 Å². The highest BCUT2D eigenvalue weighted by molar-refractivity contribution is 8.18. The number of amides is 2. The normalized spacial score (nSPS) is 16.0. The largest absolute Gasteiger partial charge is 0.490 e. The summed E-state index contributed by atoms with van der Waals surface area (Å²) < 4.78 is 11.1. The average Bonchev–Trinajstić information content (AvgIpc) is 2.79. The maximum absolute atomic E-state index is 12.3. The van der Waals surface area contributed by atoms with Gasteiger partial charge < -0.3 is 9.47 Å². The number of carbonyl (C=O) groups excluding carboxylic acids is 2. The third-order valence-electron chi connectivity index (χ3n) is 3.10. The number of thioether (sulfide) groups is 1. The smallest absolute Gasteiger partial charge is 0.293 e. The molecule has 7 heteroatoms. The minimum atomic E-state index is -0.340. The van der Waals surface area contributed by atoms with Gasteiger partial charge in [0.05, 0.1) is 23.1 Å². The molecule has 1 aromatic rings. The first-order valence-corrected chi connectivity index (χ1v) is 8.66. The van der Waals surface area contributed by atoms with Gasteiger partial charge in [-0.2, -0.15) is 0 Å². The quantitative estimate of drug-likeness (QED) is 0.529. The van der Waals surface area contributed by atoms with E-state index < -0.39 is 0 Å². The van der Waals surface area contributed by atoms with Crippen LogP contribution < -0.4 is 9.47 Å². The van der Waals surface area contributed by atoms with Crippen molar-refractivity contribution in [2.45, 2.75) is 13.8 Å². The van der Waals surface area contributed by atoms with Gasteiger partial charge in [0.25, 0.3) is 11.1 Å². The van der Waals surface area contributed by atoms with Gasteiger partial charge in [0, 0.05) is 6.54 Å². The summed E-state index contributed by atoms with van der Waals surface area (Å²) in [5.74, 6) is 0.634. The van der Waals surface area contributed by atoms with Gasteiger partial charge in [-0.15, -0.1) is 6.58 Å². The van der Waals surface area contributed by atoms with Gasteiger partial charge in [0.15, 0.2) is 11.5 Å². The molecule has 1 aliphatic heterocycles. The Kier molecular flexibility index (Phi) is 6.34. The van der Waals surface area contributed by atoms with Crippen LogP contribution >= 0.6 is 23.4 Å². The first-order valence-electron chi connectivity index (χ1n) is 7.47. The lowest BCUT2D eigenvalue weighted by molar-refractivity contribution is -0.122. The molecule has 5 nitrogen and oxygen atoms in total. The first kappa shape index (κ1) is 18.4. The third kappa shape index (κ3) is 3.94. The summed E-state index contributed by atoms with van der Waals surface area (Å²) in [5.41, 5.74) is 0.663. The van der Waals surface area contributed by atoms with E-state index in [1.54, 1.807) is 18.2 Å². The van der Waals surface area contributed by atoms with Crippen molar-refractivity contribution in [2.75, 3.05) is 19.8 Å². The fourth-order valence-corrected chi connectivity index (χ4v) is 3.28. The lowest BCUT2D eigenvalue weighted by Crippen LogP contribution is -2.27. The van der Waals surface area contributed by atoms with E-state index in [-0.39, 0.29) is 17.7 Å². The molecule has 1 fully saturated rings. The minimum absolute atomic E-state index is 0.191. The maximum Gasteiger partial charge on any atom is 0.293 e. The highest BCUT2D eigenvalue weighted by atomic mass is 35.5. The van der Waals surface area contributed by atoms with E-state index in [2.05, 4.69) is 6.58 Å². The molecule has 0 atom stereocenters. The Hall–Kier alpha value is -1.92. The van der Waals surface area contributed by atoms with E-state index >= 15 is 0 Å². The van der Waals surface area contributed by atoms with Crippen LogP contribution in [0.3, 0.4) is 0 Å². The van der Waals surface area contributed by atoms with Crippen LogP contribution in [0, 0.1) is 0 Å². The Labute approximate surface area is 150 Å². The fourth-order valence-electron chi connectivity index (χ4n) is 2.16. The molecule has 0 aromatic heterocycles. The van der Waals surface area contributed by atoms with Crippen molar-refractivity contribution in [3.05, 3.63) is 40.3 Å². The van der Waals surface area contributed by atoms with Crippen LogP contribution in [0.4, 0.5) is 4.79 Å². The number of nitrogens with zero attached hydrogens (tertiary/aromatic N) is 1. The molecular formula is C17H18ClNO4S. The van der Waals surface area contributed by atoms with Crippen molar-refractivity contribution in [1.29, 1.82) is 0 Å². The van der Waals surface area contributed by atoms with E-state index in [9.17, 15) is 9.59 Å². The molecule has 0 bridgehead atoms. The van der Waals surface area contributed by atoms with Crippen molar-refractivity contribution in [3.8, 4) is 11.5 Å². The summed E-state index contributed by atoms with van der Waals surface area (Å²) in [6, 6.07) is 3.42. The van der Waals surface area contributed by atoms with Crippen LogP contribution in [0.1, 0.15) is 19.4 Å². The Morgan fingerprint density at radius 2 is 1.96 bits per heavy atom. The monoisotopic (exact) mass is 367 g/mol. The zero-order valence-corrected chi connectivity index (χ0v) is 15.1. The van der Waals surface area contributed by atoms with Crippen LogP contribution in [-0.4, -0.2) is 35.8 Å². The molecule has 0 spiro atoms. The zero-order valence-electron chi connectivity index (χ0n) is 13.5. The second kappa shape index (κ2) is 8.26. The summed E-state index contributed by atoms with van der Waals surface area (Å²) in [6.07, 6.45) is 3.14. The molecule has 1 heterocycles. The van der Waals surface area contributed by atoms with Crippen molar-refractivity contribution < 1.29 is 19.1 Å². The average molecular weight is 368 g/mol. The molecule has 0 saturated carbocycles. The first-order chi connectivity index (χ1) is 11.5. The van der Waals surface area contributed by atoms with Crippen molar-refractivity contribution in [3.63, 3.8) is 0 Å². The number of imide groups is 1. The molecule has 1 aliphatic rings. The summed E-state index contributed by atoms with van der Waals surface area (Å²) in [4.78, 5) is 25.6. The third-order valence-corrected chi connectivity index (χ3v) is 4.29. The van der Waals surface area contributed by atoms with Crippen LogP contribution in [0.2, 0.25) is 5.02 Å². The molecule has 0 N–H and O–H groups in total. The zero-order chi connectivity index (χ0) is 17.7. The van der Waals surface area contributed by atoms with Crippen LogP contribution in [-0.2, 0) is 4.79 Å². The summed E-state index contributed by atoms with van der Waals surface area (Å²) in [7, 11) is 0. The summed E-state index contributed by atoms with van der Waals surface area (Å²) >= 11 is 7.15. The van der Waals surface area contributed by atoms with Crippen LogP contribution in [0.15, 0.2) is 29.7 Å². The molecule has 0 aliphatic carbocycles. The fraction of sp³-hybridized carbons (Fsp3) is 0.294. The molecule has 0 unspecified atom stereocenters. The lowest BCUT2D eigenvalue weighted by Gasteiger charge is -2.13. The van der Waals surface area contributed by atoms with Gasteiger partial charge in [-0.3, -0.25) is 14.5 Å². The number of rotatable bonds is 7. The summed E-state index contributed by atoms with van der Waals surface area (Å²) in [5, 5.41) is 0.0765. The molecule has 1 aromatic carbocycles. The van der Waals surface area contributed by atoms with Gasteiger partial charge in [0.1, 0.15) is 0 Å². The molecule has 0 radical (unpaired) electrons. The van der Waals surface area contributed by atoms with Gasteiger partial charge in [-0.1, -0.05) is 17.7 Å². The van der Waals surface area contributed by atoms with Gasteiger partial charge in [-0.25, -0.2) is 0 Å². The number of hydrogen-bond donors (Lipinski definition) is 0. The van der Waals surface area contributed by atoms with Crippen LogP contribution in [0.5, 0.6) is 11.5 Å². The van der Waals surface area contributed by atoms with E-state index in [1.165, 1.54) is 6.08 Å². The molecule has 2 rings (SSSR count). The highest BCUT2D eigenvalue weighted by Crippen LogP contribution is 2.39. The minimum Gasteiger partial charge on any atom is -0.490 e. The lowest BCUT2D eigenvalue weighted by atomic mass is 10.1. The van der Waals surface area contributed by atoms with Gasteiger partial charge >= 0.3 is 0 Å². The van der Waals surface area contributed by atoms with Crippen LogP contribution in [0.25, 0.3) is 6.08 Å². The molecule has 1 saturated heterocycles. The number of hydrogen-bond acceptors (Lipinski definition) is 5. The number of halogens is 1. The maximum atomic E-state index is 12.3. The molecule has 2 amide bonds. The standard InChI is InChI=1S/C17H18ClNO4S/c1-4-7-19-16(20)14(24-17(19)21)10-11-8-12(18)15(23-6-3)13(9-11)22-5-2/h4,8-10H,1,5-7H2,2-3H3. The number of benzene rings is 1. The second-order valence-electron chi connectivity index (χ2n) is 4.78. The molecule has 128 valence electrons. The topological polar surface area (TPSA) is 55.8 Å².